The van der Waals surface area contributed by atoms with Crippen LogP contribution in [0.4, 0.5) is 11.4 Å². The fraction of sp³-hybridized carbons (Fsp3) is 0.125. The largest absolute Gasteiger partial charge is 0.378 e. The molecule has 3 rings (SSSR count). The SMILES string of the molecule is CN(C)c1ccc(N2NC=C(c3ccccc3)O2)cc1. The van der Waals surface area contributed by atoms with Gasteiger partial charge >= 0.3 is 0 Å². The number of nitrogens with one attached hydrogen (secondary N) is 1. The third-order valence-corrected chi connectivity index (χ3v) is 3.16. The normalized spacial score (nSPS) is 13.5. The van der Waals surface area contributed by atoms with Crippen molar-refractivity contribution < 1.29 is 4.84 Å². The maximum Gasteiger partial charge on any atom is 0.182 e. The van der Waals surface area contributed by atoms with Crippen molar-refractivity contribution in [2.75, 3.05) is 24.2 Å². The zero-order valence-electron chi connectivity index (χ0n) is 11.6. The zero-order valence-corrected chi connectivity index (χ0v) is 11.6. The molecule has 0 aromatic heterocycles. The molecule has 0 atom stereocenters. The fourth-order valence-corrected chi connectivity index (χ4v) is 2.02. The summed E-state index contributed by atoms with van der Waals surface area (Å²) in [5.41, 5.74) is 6.27. The van der Waals surface area contributed by atoms with E-state index in [2.05, 4.69) is 22.5 Å². The minimum Gasteiger partial charge on any atom is -0.378 e. The van der Waals surface area contributed by atoms with E-state index in [1.165, 1.54) is 0 Å². The number of benzene rings is 2. The number of hydrogen-bond donors (Lipinski definition) is 1. The van der Waals surface area contributed by atoms with Gasteiger partial charge in [0.1, 0.15) is 0 Å². The molecule has 4 heteroatoms. The molecular weight excluding hydrogens is 250 g/mol. The third-order valence-electron chi connectivity index (χ3n) is 3.16. The molecule has 0 aliphatic carbocycles. The van der Waals surface area contributed by atoms with Crippen molar-refractivity contribution in [1.82, 2.24) is 5.43 Å². The molecule has 2 aromatic carbocycles. The van der Waals surface area contributed by atoms with E-state index >= 15 is 0 Å². The Morgan fingerprint density at radius 2 is 1.65 bits per heavy atom. The first kappa shape index (κ1) is 12.4. The average molecular weight is 267 g/mol. The van der Waals surface area contributed by atoms with Crippen LogP contribution in [-0.2, 0) is 4.84 Å². The van der Waals surface area contributed by atoms with Gasteiger partial charge in [-0.1, -0.05) is 30.3 Å². The molecule has 102 valence electrons. The quantitative estimate of drug-likeness (QED) is 0.925. The Morgan fingerprint density at radius 1 is 0.950 bits per heavy atom. The smallest absolute Gasteiger partial charge is 0.182 e. The molecule has 0 radical (unpaired) electrons. The van der Waals surface area contributed by atoms with E-state index in [1.54, 1.807) is 5.17 Å². The molecule has 1 heterocycles. The molecule has 0 amide bonds. The van der Waals surface area contributed by atoms with Crippen LogP contribution in [0.15, 0.2) is 60.8 Å². The Bertz CT molecular complexity index is 605. The maximum atomic E-state index is 5.80. The minimum absolute atomic E-state index is 0.808. The van der Waals surface area contributed by atoms with Gasteiger partial charge in [0.15, 0.2) is 5.76 Å². The summed E-state index contributed by atoms with van der Waals surface area (Å²) >= 11 is 0. The molecule has 1 aliphatic heterocycles. The van der Waals surface area contributed by atoms with E-state index < -0.39 is 0 Å². The Labute approximate surface area is 118 Å². The molecule has 0 saturated heterocycles. The second-order valence-corrected chi connectivity index (χ2v) is 4.80. The second-order valence-electron chi connectivity index (χ2n) is 4.80. The van der Waals surface area contributed by atoms with Gasteiger partial charge < -0.3 is 9.74 Å². The van der Waals surface area contributed by atoms with E-state index in [9.17, 15) is 0 Å². The summed E-state index contributed by atoms with van der Waals surface area (Å²) in [6, 6.07) is 18.2. The lowest BCUT2D eigenvalue weighted by Crippen LogP contribution is -2.28. The first-order chi connectivity index (χ1) is 9.74. The van der Waals surface area contributed by atoms with Crippen LogP contribution < -0.4 is 15.5 Å². The highest BCUT2D eigenvalue weighted by Crippen LogP contribution is 2.26. The number of nitrogens with zero attached hydrogens (tertiary/aromatic N) is 2. The molecule has 0 unspecified atom stereocenters. The average Bonchev–Trinajstić information content (AvgIpc) is 2.98. The Kier molecular flexibility index (Phi) is 3.21. The lowest BCUT2D eigenvalue weighted by atomic mass is 10.2. The van der Waals surface area contributed by atoms with Crippen LogP contribution >= 0.6 is 0 Å². The predicted molar refractivity (Wildman–Crippen MR) is 81.9 cm³/mol. The fourth-order valence-electron chi connectivity index (χ4n) is 2.02. The van der Waals surface area contributed by atoms with Gasteiger partial charge in [0, 0.05) is 25.3 Å². The van der Waals surface area contributed by atoms with Crippen LogP contribution in [0.1, 0.15) is 5.56 Å². The van der Waals surface area contributed by atoms with Crippen molar-refractivity contribution in [2.45, 2.75) is 0 Å². The van der Waals surface area contributed by atoms with Gasteiger partial charge in [0.05, 0.1) is 11.9 Å². The van der Waals surface area contributed by atoms with Crippen LogP contribution in [-0.4, -0.2) is 14.1 Å². The Hall–Kier alpha value is -2.62. The standard InChI is InChI=1S/C16H17N3O/c1-18(2)14-8-10-15(11-9-14)19-17-12-16(20-19)13-6-4-3-5-7-13/h3-12,17H,1-2H3. The third kappa shape index (κ3) is 2.40. The molecule has 1 aliphatic rings. The lowest BCUT2D eigenvalue weighted by molar-refractivity contribution is 0.243. The van der Waals surface area contributed by atoms with Crippen molar-refractivity contribution in [3.05, 3.63) is 66.4 Å². The van der Waals surface area contributed by atoms with Gasteiger partial charge in [-0.15, -0.1) is 5.17 Å². The van der Waals surface area contributed by atoms with Crippen molar-refractivity contribution in [3.8, 4) is 0 Å². The molecule has 0 saturated carbocycles. The summed E-state index contributed by atoms with van der Waals surface area (Å²) in [5, 5.41) is 1.65. The van der Waals surface area contributed by atoms with E-state index in [-0.39, 0.29) is 0 Å². The summed E-state index contributed by atoms with van der Waals surface area (Å²) in [7, 11) is 4.04. The van der Waals surface area contributed by atoms with E-state index in [0.29, 0.717) is 0 Å². The van der Waals surface area contributed by atoms with Crippen LogP contribution in [0.3, 0.4) is 0 Å². The predicted octanol–water partition coefficient (Wildman–Crippen LogP) is 3.01. The van der Waals surface area contributed by atoms with Gasteiger partial charge in [-0.05, 0) is 24.3 Å². The molecule has 0 bridgehead atoms. The topological polar surface area (TPSA) is 27.7 Å². The Balaban J connectivity index is 1.73. The molecule has 1 N–H and O–H groups in total. The van der Waals surface area contributed by atoms with Gasteiger partial charge in [0.25, 0.3) is 0 Å². The van der Waals surface area contributed by atoms with Crippen LogP contribution in [0.5, 0.6) is 0 Å². The van der Waals surface area contributed by atoms with Crippen LogP contribution in [0.25, 0.3) is 5.76 Å². The Morgan fingerprint density at radius 3 is 2.30 bits per heavy atom. The van der Waals surface area contributed by atoms with Crippen molar-refractivity contribution >= 4 is 17.1 Å². The highest BCUT2D eigenvalue weighted by atomic mass is 16.7. The highest BCUT2D eigenvalue weighted by Gasteiger charge is 2.17. The molecule has 20 heavy (non-hydrogen) atoms. The molecule has 0 spiro atoms. The summed E-state index contributed by atoms with van der Waals surface area (Å²) in [5.74, 6) is 0.808. The minimum atomic E-state index is 0.808. The molecule has 2 aromatic rings. The second kappa shape index (κ2) is 5.17. The van der Waals surface area contributed by atoms with E-state index in [1.807, 2.05) is 62.8 Å². The number of hydrogen-bond acceptors (Lipinski definition) is 4. The van der Waals surface area contributed by atoms with Crippen molar-refractivity contribution in [1.29, 1.82) is 0 Å². The number of rotatable bonds is 3. The first-order valence-electron chi connectivity index (χ1n) is 6.51. The highest BCUT2D eigenvalue weighted by molar-refractivity contribution is 5.64. The van der Waals surface area contributed by atoms with E-state index in [0.717, 1.165) is 22.7 Å². The summed E-state index contributed by atoms with van der Waals surface area (Å²) in [4.78, 5) is 7.87. The lowest BCUT2D eigenvalue weighted by Gasteiger charge is -2.19. The van der Waals surface area contributed by atoms with Crippen molar-refractivity contribution in [2.24, 2.45) is 0 Å². The maximum absolute atomic E-state index is 5.80. The molecular formula is C16H17N3O. The van der Waals surface area contributed by atoms with E-state index in [4.69, 9.17) is 4.84 Å². The molecule has 4 nitrogen and oxygen atoms in total. The van der Waals surface area contributed by atoms with Gasteiger partial charge in [-0.25, -0.2) is 0 Å². The molecule has 0 fully saturated rings. The van der Waals surface area contributed by atoms with Crippen LogP contribution in [0, 0.1) is 0 Å². The monoisotopic (exact) mass is 267 g/mol. The first-order valence-corrected chi connectivity index (χ1v) is 6.51. The van der Waals surface area contributed by atoms with Crippen LogP contribution in [0.2, 0.25) is 0 Å². The van der Waals surface area contributed by atoms with Gasteiger partial charge in [-0.3, -0.25) is 5.43 Å². The zero-order chi connectivity index (χ0) is 13.9. The number of hydrazine groups is 1. The summed E-state index contributed by atoms with van der Waals surface area (Å²) in [6.45, 7) is 0. The van der Waals surface area contributed by atoms with Crippen molar-refractivity contribution in [3.63, 3.8) is 0 Å². The number of anilines is 2. The summed E-state index contributed by atoms with van der Waals surface area (Å²) in [6.07, 6.45) is 1.86. The van der Waals surface area contributed by atoms with Gasteiger partial charge in [-0.2, -0.15) is 0 Å². The summed E-state index contributed by atoms with van der Waals surface area (Å²) < 4.78 is 0. The van der Waals surface area contributed by atoms with Gasteiger partial charge in [0.2, 0.25) is 0 Å².